The van der Waals surface area contributed by atoms with E-state index in [0.29, 0.717) is 0 Å². The Kier molecular flexibility index (Phi) is 4.96. The zero-order valence-electron chi connectivity index (χ0n) is 11.4. The number of nitrogens with zero attached hydrogens (tertiary/aromatic N) is 2. The fourth-order valence-electron chi connectivity index (χ4n) is 1.86. The number of anilines is 1. The van der Waals surface area contributed by atoms with Crippen molar-refractivity contribution in [1.82, 2.24) is 10.3 Å². The Hall–Kier alpha value is -1.13. The molecule has 0 unspecified atom stereocenters. The van der Waals surface area contributed by atoms with Gasteiger partial charge >= 0.3 is 0 Å². The normalized spacial score (nSPS) is 14.8. The van der Waals surface area contributed by atoms with E-state index in [1.165, 1.54) is 18.4 Å². The fraction of sp³-hybridized carbons (Fsp3) is 0.643. The zero-order valence-corrected chi connectivity index (χ0v) is 11.4. The highest BCUT2D eigenvalue weighted by molar-refractivity contribution is 5.38. The lowest BCUT2D eigenvalue weighted by Gasteiger charge is -2.18. The minimum atomic E-state index is 0.751. The number of pyridine rings is 1. The van der Waals surface area contributed by atoms with Crippen molar-refractivity contribution in [3.05, 3.63) is 23.9 Å². The number of hydrogen-bond donors (Lipinski definition) is 1. The van der Waals surface area contributed by atoms with E-state index in [0.717, 1.165) is 38.0 Å². The maximum Gasteiger partial charge on any atom is 0.128 e. The molecule has 0 bridgehead atoms. The van der Waals surface area contributed by atoms with Gasteiger partial charge < -0.3 is 15.0 Å². The highest BCUT2D eigenvalue weighted by Gasteiger charge is 2.19. The van der Waals surface area contributed by atoms with E-state index >= 15 is 0 Å². The van der Waals surface area contributed by atoms with Crippen molar-refractivity contribution in [2.45, 2.75) is 31.8 Å². The minimum Gasteiger partial charge on any atom is -0.385 e. The second-order valence-electron chi connectivity index (χ2n) is 4.95. The molecule has 1 fully saturated rings. The van der Waals surface area contributed by atoms with Crippen molar-refractivity contribution in [2.24, 2.45) is 0 Å². The van der Waals surface area contributed by atoms with Crippen LogP contribution in [0.4, 0.5) is 5.82 Å². The highest BCUT2D eigenvalue weighted by atomic mass is 16.5. The largest absolute Gasteiger partial charge is 0.385 e. The molecule has 100 valence electrons. The molecule has 1 aliphatic rings. The Morgan fingerprint density at radius 2 is 2.28 bits per heavy atom. The van der Waals surface area contributed by atoms with Crippen LogP contribution in [0.5, 0.6) is 0 Å². The maximum atomic E-state index is 5.05. The van der Waals surface area contributed by atoms with Gasteiger partial charge in [0.05, 0.1) is 0 Å². The first kappa shape index (κ1) is 13.3. The van der Waals surface area contributed by atoms with Crippen molar-refractivity contribution < 1.29 is 4.74 Å². The van der Waals surface area contributed by atoms with Gasteiger partial charge in [0.15, 0.2) is 0 Å². The Morgan fingerprint density at radius 1 is 1.44 bits per heavy atom. The number of nitrogens with one attached hydrogen (secondary N) is 1. The SMILES string of the molecule is COCCCN(C)c1ccc(CNC2CC2)cn1. The Balaban J connectivity index is 1.77. The molecule has 4 heteroatoms. The summed E-state index contributed by atoms with van der Waals surface area (Å²) in [6.07, 6.45) is 5.65. The Morgan fingerprint density at radius 3 is 2.89 bits per heavy atom. The maximum absolute atomic E-state index is 5.05. The summed E-state index contributed by atoms with van der Waals surface area (Å²) >= 11 is 0. The molecular formula is C14H23N3O. The number of hydrogen-bond acceptors (Lipinski definition) is 4. The lowest BCUT2D eigenvalue weighted by atomic mass is 10.2. The second-order valence-corrected chi connectivity index (χ2v) is 4.95. The van der Waals surface area contributed by atoms with Crippen LogP contribution in [-0.2, 0) is 11.3 Å². The topological polar surface area (TPSA) is 37.4 Å². The molecule has 0 aliphatic heterocycles. The van der Waals surface area contributed by atoms with Crippen molar-refractivity contribution in [1.29, 1.82) is 0 Å². The van der Waals surface area contributed by atoms with Gasteiger partial charge in [-0.2, -0.15) is 0 Å². The summed E-state index contributed by atoms with van der Waals surface area (Å²) in [4.78, 5) is 6.66. The van der Waals surface area contributed by atoms with E-state index in [1.54, 1.807) is 7.11 Å². The van der Waals surface area contributed by atoms with E-state index in [4.69, 9.17) is 4.74 Å². The van der Waals surface area contributed by atoms with Crippen LogP contribution in [0, 0.1) is 0 Å². The third-order valence-electron chi connectivity index (χ3n) is 3.21. The molecule has 0 saturated heterocycles. The van der Waals surface area contributed by atoms with Crippen molar-refractivity contribution in [3.63, 3.8) is 0 Å². The molecule has 1 heterocycles. The van der Waals surface area contributed by atoms with Crippen LogP contribution in [0.2, 0.25) is 0 Å². The fourth-order valence-corrected chi connectivity index (χ4v) is 1.86. The molecule has 1 saturated carbocycles. The molecule has 1 aliphatic carbocycles. The van der Waals surface area contributed by atoms with Crippen LogP contribution in [0.25, 0.3) is 0 Å². The smallest absolute Gasteiger partial charge is 0.128 e. The molecule has 1 aromatic heterocycles. The molecule has 0 amide bonds. The van der Waals surface area contributed by atoms with Crippen molar-refractivity contribution >= 4 is 5.82 Å². The van der Waals surface area contributed by atoms with Crippen LogP contribution < -0.4 is 10.2 Å². The number of methoxy groups -OCH3 is 1. The van der Waals surface area contributed by atoms with E-state index in [-0.39, 0.29) is 0 Å². The first-order chi connectivity index (χ1) is 8.79. The third-order valence-corrected chi connectivity index (χ3v) is 3.21. The molecule has 4 nitrogen and oxygen atoms in total. The van der Waals surface area contributed by atoms with E-state index < -0.39 is 0 Å². The number of ether oxygens (including phenoxy) is 1. The summed E-state index contributed by atoms with van der Waals surface area (Å²) in [5.74, 6) is 1.03. The molecule has 0 atom stereocenters. The Labute approximate surface area is 109 Å². The standard InChI is InChI=1S/C14H23N3O/c1-17(8-3-9-18-2)14-7-4-12(11-16-14)10-15-13-5-6-13/h4,7,11,13,15H,3,5-6,8-10H2,1-2H3. The van der Waals surface area contributed by atoms with Crippen LogP contribution >= 0.6 is 0 Å². The first-order valence-corrected chi connectivity index (χ1v) is 6.68. The van der Waals surface area contributed by atoms with Gasteiger partial charge in [-0.05, 0) is 30.9 Å². The number of aromatic nitrogens is 1. The summed E-state index contributed by atoms with van der Waals surface area (Å²) in [5, 5.41) is 3.49. The van der Waals surface area contributed by atoms with Gasteiger partial charge in [-0.1, -0.05) is 6.07 Å². The molecule has 2 rings (SSSR count). The predicted octanol–water partition coefficient (Wildman–Crippen LogP) is 1.81. The summed E-state index contributed by atoms with van der Waals surface area (Å²) in [6, 6.07) is 5.00. The highest BCUT2D eigenvalue weighted by Crippen LogP contribution is 2.19. The van der Waals surface area contributed by atoms with Gasteiger partial charge in [-0.15, -0.1) is 0 Å². The Bertz CT molecular complexity index is 349. The third kappa shape index (κ3) is 4.27. The van der Waals surface area contributed by atoms with Crippen molar-refractivity contribution in [3.8, 4) is 0 Å². The summed E-state index contributed by atoms with van der Waals surface area (Å²) in [6.45, 7) is 2.71. The first-order valence-electron chi connectivity index (χ1n) is 6.68. The molecule has 0 aromatic carbocycles. The second kappa shape index (κ2) is 6.71. The van der Waals surface area contributed by atoms with Crippen LogP contribution in [0.15, 0.2) is 18.3 Å². The average molecular weight is 249 g/mol. The summed E-state index contributed by atoms with van der Waals surface area (Å²) < 4.78 is 5.05. The van der Waals surface area contributed by atoms with E-state index in [2.05, 4.69) is 34.4 Å². The molecule has 18 heavy (non-hydrogen) atoms. The minimum absolute atomic E-state index is 0.751. The summed E-state index contributed by atoms with van der Waals surface area (Å²) in [7, 11) is 3.81. The number of rotatable bonds is 8. The van der Waals surface area contributed by atoms with E-state index in [1.807, 2.05) is 6.20 Å². The molecule has 0 radical (unpaired) electrons. The predicted molar refractivity (Wildman–Crippen MR) is 73.9 cm³/mol. The lowest BCUT2D eigenvalue weighted by Crippen LogP contribution is -2.21. The lowest BCUT2D eigenvalue weighted by molar-refractivity contribution is 0.196. The van der Waals surface area contributed by atoms with Gasteiger partial charge in [-0.25, -0.2) is 4.98 Å². The van der Waals surface area contributed by atoms with Crippen molar-refractivity contribution in [2.75, 3.05) is 32.2 Å². The van der Waals surface area contributed by atoms with E-state index in [9.17, 15) is 0 Å². The molecular weight excluding hydrogens is 226 g/mol. The zero-order chi connectivity index (χ0) is 12.8. The van der Waals surface area contributed by atoms with Gasteiger partial charge in [0.2, 0.25) is 0 Å². The van der Waals surface area contributed by atoms with Gasteiger partial charge in [-0.3, -0.25) is 0 Å². The monoisotopic (exact) mass is 249 g/mol. The average Bonchev–Trinajstić information content (AvgIpc) is 3.21. The van der Waals surface area contributed by atoms with Crippen LogP contribution in [-0.4, -0.2) is 38.3 Å². The van der Waals surface area contributed by atoms with Gasteiger partial charge in [0, 0.05) is 46.1 Å². The van der Waals surface area contributed by atoms with Gasteiger partial charge in [0.1, 0.15) is 5.82 Å². The summed E-state index contributed by atoms with van der Waals surface area (Å²) in [5.41, 5.74) is 1.26. The quantitative estimate of drug-likeness (QED) is 0.713. The molecule has 1 aromatic rings. The van der Waals surface area contributed by atoms with Gasteiger partial charge in [0.25, 0.3) is 0 Å². The molecule has 0 spiro atoms. The van der Waals surface area contributed by atoms with Crippen LogP contribution in [0.1, 0.15) is 24.8 Å². The molecule has 1 N–H and O–H groups in total. The van der Waals surface area contributed by atoms with Crippen LogP contribution in [0.3, 0.4) is 0 Å².